The van der Waals surface area contributed by atoms with E-state index in [-0.39, 0.29) is 0 Å². The van der Waals surface area contributed by atoms with E-state index in [2.05, 4.69) is 16.4 Å². The van der Waals surface area contributed by atoms with Gasteiger partial charge in [0, 0.05) is 6.54 Å². The molecule has 0 amide bonds. The molecule has 2 rings (SSSR count). The fourth-order valence-electron chi connectivity index (χ4n) is 1.77. The van der Waals surface area contributed by atoms with Gasteiger partial charge in [0.25, 0.3) is 0 Å². The van der Waals surface area contributed by atoms with Gasteiger partial charge in [0.15, 0.2) is 0 Å². The number of hydrogen-bond donors (Lipinski definition) is 1. The number of hydrogen-bond acceptors (Lipinski definition) is 4. The maximum absolute atomic E-state index is 5.20. The van der Waals surface area contributed by atoms with Gasteiger partial charge < -0.3 is 14.8 Å². The van der Waals surface area contributed by atoms with Crippen molar-refractivity contribution >= 4 is 5.82 Å². The number of nitrogens with one attached hydrogen (secondary N) is 1. The molecule has 0 saturated carbocycles. The summed E-state index contributed by atoms with van der Waals surface area (Å²) in [6, 6.07) is 11.9. The van der Waals surface area contributed by atoms with E-state index < -0.39 is 0 Å². The number of anilines is 1. The predicted molar refractivity (Wildman–Crippen MR) is 76.0 cm³/mol. The molecule has 4 nitrogen and oxygen atoms in total. The average molecular weight is 258 g/mol. The lowest BCUT2D eigenvalue weighted by atomic mass is 10.1. The molecule has 19 heavy (non-hydrogen) atoms. The summed E-state index contributed by atoms with van der Waals surface area (Å²) in [5, 5.41) is 3.27. The van der Waals surface area contributed by atoms with Crippen LogP contribution in [0.3, 0.4) is 0 Å². The number of methoxy groups -OCH3 is 2. The van der Waals surface area contributed by atoms with Crippen LogP contribution in [0.4, 0.5) is 5.82 Å². The zero-order chi connectivity index (χ0) is 13.5. The molecule has 4 heteroatoms. The van der Waals surface area contributed by atoms with E-state index in [0.717, 1.165) is 30.3 Å². The Balaban J connectivity index is 1.85. The fourth-order valence-corrected chi connectivity index (χ4v) is 1.77. The largest absolute Gasteiger partial charge is 0.497 e. The Morgan fingerprint density at radius 1 is 1.05 bits per heavy atom. The predicted octanol–water partition coefficient (Wildman–Crippen LogP) is 2.75. The first-order valence-electron chi connectivity index (χ1n) is 6.18. The SMILES string of the molecule is COc1ccc(NCCc2cccc(OC)c2)nc1. The first kappa shape index (κ1) is 13.2. The average Bonchev–Trinajstić information content (AvgIpc) is 2.48. The summed E-state index contributed by atoms with van der Waals surface area (Å²) in [7, 11) is 3.31. The third kappa shape index (κ3) is 3.88. The minimum atomic E-state index is 0.762. The van der Waals surface area contributed by atoms with Crippen molar-refractivity contribution in [2.24, 2.45) is 0 Å². The molecule has 0 radical (unpaired) electrons. The summed E-state index contributed by atoms with van der Waals surface area (Å²) in [4.78, 5) is 4.25. The fraction of sp³-hybridized carbons (Fsp3) is 0.267. The van der Waals surface area contributed by atoms with Crippen molar-refractivity contribution in [3.63, 3.8) is 0 Å². The molecule has 0 aliphatic heterocycles. The molecular formula is C15H18N2O2. The van der Waals surface area contributed by atoms with Gasteiger partial charge in [-0.25, -0.2) is 4.98 Å². The normalized spacial score (nSPS) is 10.0. The summed E-state index contributed by atoms with van der Waals surface area (Å²) in [5.41, 5.74) is 1.24. The molecule has 0 atom stereocenters. The smallest absolute Gasteiger partial charge is 0.137 e. The molecule has 1 heterocycles. The molecule has 0 aliphatic rings. The number of rotatable bonds is 6. The molecule has 0 spiro atoms. The second kappa shape index (κ2) is 6.64. The quantitative estimate of drug-likeness (QED) is 0.865. The van der Waals surface area contributed by atoms with E-state index in [1.54, 1.807) is 20.4 Å². The summed E-state index contributed by atoms with van der Waals surface area (Å²) < 4.78 is 10.3. The summed E-state index contributed by atoms with van der Waals surface area (Å²) in [6.07, 6.45) is 2.62. The Kier molecular flexibility index (Phi) is 4.61. The van der Waals surface area contributed by atoms with Crippen molar-refractivity contribution in [1.82, 2.24) is 4.98 Å². The van der Waals surface area contributed by atoms with Crippen LogP contribution in [0.1, 0.15) is 5.56 Å². The lowest BCUT2D eigenvalue weighted by Gasteiger charge is -2.07. The molecule has 1 N–H and O–H groups in total. The van der Waals surface area contributed by atoms with E-state index >= 15 is 0 Å². The maximum Gasteiger partial charge on any atom is 0.137 e. The van der Waals surface area contributed by atoms with Gasteiger partial charge >= 0.3 is 0 Å². The first-order valence-corrected chi connectivity index (χ1v) is 6.18. The zero-order valence-electron chi connectivity index (χ0n) is 11.2. The van der Waals surface area contributed by atoms with Gasteiger partial charge in [0.2, 0.25) is 0 Å². The van der Waals surface area contributed by atoms with E-state index in [0.29, 0.717) is 0 Å². The van der Waals surface area contributed by atoms with Crippen LogP contribution in [-0.4, -0.2) is 25.7 Å². The monoisotopic (exact) mass is 258 g/mol. The van der Waals surface area contributed by atoms with Crippen LogP contribution >= 0.6 is 0 Å². The van der Waals surface area contributed by atoms with Gasteiger partial charge in [-0.3, -0.25) is 0 Å². The third-order valence-electron chi connectivity index (χ3n) is 2.83. The standard InChI is InChI=1S/C15H18N2O2/c1-18-13-5-3-4-12(10-13)8-9-16-15-7-6-14(19-2)11-17-15/h3-7,10-11H,8-9H2,1-2H3,(H,16,17). The summed E-state index contributed by atoms with van der Waals surface area (Å²) in [5.74, 6) is 2.50. The van der Waals surface area contributed by atoms with E-state index in [1.807, 2.05) is 30.3 Å². The highest BCUT2D eigenvalue weighted by Gasteiger charge is 1.98. The van der Waals surface area contributed by atoms with Gasteiger partial charge in [-0.2, -0.15) is 0 Å². The zero-order valence-corrected chi connectivity index (χ0v) is 11.2. The minimum absolute atomic E-state index is 0.762. The lowest BCUT2D eigenvalue weighted by molar-refractivity contribution is 0.413. The number of ether oxygens (including phenoxy) is 2. The highest BCUT2D eigenvalue weighted by atomic mass is 16.5. The van der Waals surface area contributed by atoms with E-state index in [1.165, 1.54) is 5.56 Å². The topological polar surface area (TPSA) is 43.4 Å². The van der Waals surface area contributed by atoms with Gasteiger partial charge in [-0.1, -0.05) is 12.1 Å². The van der Waals surface area contributed by atoms with Gasteiger partial charge in [-0.05, 0) is 36.2 Å². The number of aromatic nitrogens is 1. The molecule has 2 aromatic rings. The van der Waals surface area contributed by atoms with Crippen LogP contribution in [-0.2, 0) is 6.42 Å². The van der Waals surface area contributed by atoms with Gasteiger partial charge in [0.05, 0.1) is 20.4 Å². The van der Waals surface area contributed by atoms with E-state index in [4.69, 9.17) is 9.47 Å². The highest BCUT2D eigenvalue weighted by molar-refractivity contribution is 5.38. The Bertz CT molecular complexity index is 512. The first-order chi connectivity index (χ1) is 9.31. The number of benzene rings is 1. The highest BCUT2D eigenvalue weighted by Crippen LogP contribution is 2.14. The molecular weight excluding hydrogens is 240 g/mol. The lowest BCUT2D eigenvalue weighted by Crippen LogP contribution is -2.06. The van der Waals surface area contributed by atoms with Crippen LogP contribution in [0.2, 0.25) is 0 Å². The summed E-state index contributed by atoms with van der Waals surface area (Å²) in [6.45, 7) is 0.826. The molecule has 0 unspecified atom stereocenters. The van der Waals surface area contributed by atoms with Crippen molar-refractivity contribution in [2.75, 3.05) is 26.1 Å². The van der Waals surface area contributed by atoms with Gasteiger partial charge in [0.1, 0.15) is 17.3 Å². The van der Waals surface area contributed by atoms with Crippen molar-refractivity contribution in [3.05, 3.63) is 48.2 Å². The molecule has 0 saturated heterocycles. The van der Waals surface area contributed by atoms with Crippen LogP contribution in [0.15, 0.2) is 42.6 Å². The molecule has 0 fully saturated rings. The second-order valence-electron chi connectivity index (χ2n) is 4.11. The number of nitrogens with zero attached hydrogens (tertiary/aromatic N) is 1. The Hall–Kier alpha value is -2.23. The van der Waals surface area contributed by atoms with Crippen molar-refractivity contribution < 1.29 is 9.47 Å². The second-order valence-corrected chi connectivity index (χ2v) is 4.11. The van der Waals surface area contributed by atoms with Crippen LogP contribution in [0.25, 0.3) is 0 Å². The maximum atomic E-state index is 5.20. The van der Waals surface area contributed by atoms with Crippen molar-refractivity contribution in [1.29, 1.82) is 0 Å². The Labute approximate surface area is 113 Å². The molecule has 100 valence electrons. The molecule has 0 bridgehead atoms. The molecule has 0 aliphatic carbocycles. The Morgan fingerprint density at radius 2 is 1.89 bits per heavy atom. The molecule has 1 aromatic carbocycles. The van der Waals surface area contributed by atoms with Crippen LogP contribution in [0, 0.1) is 0 Å². The number of pyridine rings is 1. The van der Waals surface area contributed by atoms with Crippen molar-refractivity contribution in [3.8, 4) is 11.5 Å². The van der Waals surface area contributed by atoms with Gasteiger partial charge in [-0.15, -0.1) is 0 Å². The van der Waals surface area contributed by atoms with E-state index in [9.17, 15) is 0 Å². The van der Waals surface area contributed by atoms with Crippen LogP contribution < -0.4 is 14.8 Å². The van der Waals surface area contributed by atoms with Crippen LogP contribution in [0.5, 0.6) is 11.5 Å². The Morgan fingerprint density at radius 3 is 2.58 bits per heavy atom. The third-order valence-corrected chi connectivity index (χ3v) is 2.83. The molecule has 1 aromatic heterocycles. The minimum Gasteiger partial charge on any atom is -0.497 e. The summed E-state index contributed by atoms with van der Waals surface area (Å²) >= 11 is 0. The van der Waals surface area contributed by atoms with Crippen molar-refractivity contribution in [2.45, 2.75) is 6.42 Å².